The Morgan fingerprint density at radius 3 is 2.50 bits per heavy atom. The Morgan fingerprint density at radius 1 is 1.30 bits per heavy atom. The second-order valence-electron chi connectivity index (χ2n) is 5.43. The van der Waals surface area contributed by atoms with Gasteiger partial charge in [0, 0.05) is 4.47 Å². The van der Waals surface area contributed by atoms with E-state index in [2.05, 4.69) is 21.2 Å². The number of nitrogens with two attached hydrogens (primary N) is 1. The van der Waals surface area contributed by atoms with Crippen molar-refractivity contribution in [3.63, 3.8) is 0 Å². The summed E-state index contributed by atoms with van der Waals surface area (Å²) in [6, 6.07) is 7.90. The molecule has 112 valence electrons. The van der Waals surface area contributed by atoms with E-state index >= 15 is 0 Å². The topological polar surface area (TPSA) is 55.1 Å². The van der Waals surface area contributed by atoms with E-state index < -0.39 is 5.54 Å². The van der Waals surface area contributed by atoms with E-state index in [-0.39, 0.29) is 24.4 Å². The molecule has 0 saturated heterocycles. The summed E-state index contributed by atoms with van der Waals surface area (Å²) in [5.41, 5.74) is 6.65. The molecule has 3 N–H and O–H groups in total. The van der Waals surface area contributed by atoms with Gasteiger partial charge in [0.05, 0.1) is 11.6 Å². The number of carbonyl (C=O) groups is 1. The number of nitrogens with one attached hydrogen (secondary N) is 1. The molecule has 0 heterocycles. The lowest BCUT2D eigenvalue weighted by Gasteiger charge is -2.33. The molecule has 1 aliphatic rings. The zero-order valence-electron chi connectivity index (χ0n) is 11.7. The van der Waals surface area contributed by atoms with Crippen molar-refractivity contribution >= 4 is 34.2 Å². The third kappa shape index (κ3) is 3.96. The molecule has 0 aliphatic heterocycles. The molecule has 1 aliphatic carbocycles. The van der Waals surface area contributed by atoms with Gasteiger partial charge in [-0.15, -0.1) is 12.4 Å². The fourth-order valence-corrected chi connectivity index (χ4v) is 3.28. The van der Waals surface area contributed by atoms with E-state index in [0.29, 0.717) is 0 Å². The monoisotopic (exact) mass is 360 g/mol. The van der Waals surface area contributed by atoms with Crippen molar-refractivity contribution in [1.29, 1.82) is 0 Å². The Labute approximate surface area is 135 Å². The van der Waals surface area contributed by atoms with Crippen molar-refractivity contribution in [2.45, 2.75) is 50.6 Å². The van der Waals surface area contributed by atoms with E-state index in [1.165, 1.54) is 6.42 Å². The lowest BCUT2D eigenvalue weighted by Crippen LogP contribution is -2.55. The van der Waals surface area contributed by atoms with Crippen LogP contribution in [0.25, 0.3) is 0 Å². The second-order valence-corrected chi connectivity index (χ2v) is 6.29. The Hall–Kier alpha value is -0.580. The highest BCUT2D eigenvalue weighted by atomic mass is 79.9. The molecule has 1 unspecified atom stereocenters. The molecule has 1 saturated carbocycles. The van der Waals surface area contributed by atoms with Gasteiger partial charge < -0.3 is 11.1 Å². The summed E-state index contributed by atoms with van der Waals surface area (Å²) in [5.74, 6) is -0.0181. The number of carbonyl (C=O) groups excluding carboxylic acids is 1. The molecule has 20 heavy (non-hydrogen) atoms. The molecule has 1 amide bonds. The third-order valence-corrected chi connectivity index (χ3v) is 4.64. The minimum Gasteiger partial charge on any atom is -0.348 e. The second kappa shape index (κ2) is 7.43. The van der Waals surface area contributed by atoms with E-state index in [9.17, 15) is 4.79 Å². The fourth-order valence-electron chi connectivity index (χ4n) is 2.65. The molecule has 1 aromatic rings. The number of rotatable bonds is 3. The molecular weight excluding hydrogens is 340 g/mol. The first kappa shape index (κ1) is 17.5. The Bertz CT molecular complexity index is 461. The molecule has 5 heteroatoms. The predicted molar refractivity (Wildman–Crippen MR) is 88.0 cm³/mol. The number of halogens is 2. The summed E-state index contributed by atoms with van der Waals surface area (Å²) >= 11 is 3.51. The number of hydrogen-bond donors (Lipinski definition) is 2. The van der Waals surface area contributed by atoms with E-state index in [1.54, 1.807) is 0 Å². The van der Waals surface area contributed by atoms with E-state index in [1.807, 2.05) is 31.2 Å². The smallest absolute Gasteiger partial charge is 0.240 e. The van der Waals surface area contributed by atoms with Gasteiger partial charge in [0.2, 0.25) is 5.91 Å². The Morgan fingerprint density at radius 2 is 1.90 bits per heavy atom. The number of hydrogen-bond acceptors (Lipinski definition) is 2. The lowest BCUT2D eigenvalue weighted by atomic mass is 9.81. The minimum atomic E-state index is -0.673. The van der Waals surface area contributed by atoms with Crippen LogP contribution in [0.2, 0.25) is 0 Å². The summed E-state index contributed by atoms with van der Waals surface area (Å²) in [6.07, 6.45) is 4.87. The predicted octanol–water partition coefficient (Wildman–Crippen LogP) is 3.71. The van der Waals surface area contributed by atoms with E-state index in [0.717, 1.165) is 35.7 Å². The maximum absolute atomic E-state index is 12.4. The fraction of sp³-hybridized carbons (Fsp3) is 0.533. The zero-order chi connectivity index (χ0) is 13.9. The summed E-state index contributed by atoms with van der Waals surface area (Å²) in [7, 11) is 0. The van der Waals surface area contributed by atoms with Crippen molar-refractivity contribution in [1.82, 2.24) is 5.32 Å². The van der Waals surface area contributed by atoms with Crippen LogP contribution in [-0.2, 0) is 4.79 Å². The van der Waals surface area contributed by atoms with Gasteiger partial charge in [0.25, 0.3) is 0 Å². The molecule has 0 radical (unpaired) electrons. The van der Waals surface area contributed by atoms with Crippen LogP contribution in [0.3, 0.4) is 0 Å². The standard InChI is InChI=1S/C15H21BrN2O.ClH/c1-11(12-7-3-4-8-13(12)16)18-14(19)15(17)9-5-2-6-10-15;/h3-4,7-8,11H,2,5-6,9-10,17H2,1H3,(H,18,19);1H. The summed E-state index contributed by atoms with van der Waals surface area (Å²) in [6.45, 7) is 1.99. The van der Waals surface area contributed by atoms with Gasteiger partial charge in [-0.25, -0.2) is 0 Å². The van der Waals surface area contributed by atoms with Crippen molar-refractivity contribution in [3.05, 3.63) is 34.3 Å². The van der Waals surface area contributed by atoms with Gasteiger partial charge in [0.15, 0.2) is 0 Å². The van der Waals surface area contributed by atoms with Gasteiger partial charge in [-0.05, 0) is 31.4 Å². The summed E-state index contributed by atoms with van der Waals surface area (Å²) in [4.78, 5) is 12.4. The van der Waals surface area contributed by atoms with Gasteiger partial charge >= 0.3 is 0 Å². The maximum atomic E-state index is 12.4. The van der Waals surface area contributed by atoms with Crippen LogP contribution in [0.4, 0.5) is 0 Å². The molecule has 1 atom stereocenters. The van der Waals surface area contributed by atoms with Gasteiger partial charge in [-0.3, -0.25) is 4.79 Å². The number of amides is 1. The summed E-state index contributed by atoms with van der Waals surface area (Å²) < 4.78 is 1.01. The van der Waals surface area contributed by atoms with Gasteiger partial charge in [0.1, 0.15) is 0 Å². The van der Waals surface area contributed by atoms with Crippen LogP contribution in [0.1, 0.15) is 50.6 Å². The van der Waals surface area contributed by atoms with Crippen LogP contribution in [0.5, 0.6) is 0 Å². The Balaban J connectivity index is 0.00000200. The molecule has 0 bridgehead atoms. The first-order valence-electron chi connectivity index (χ1n) is 6.87. The normalized spacial score (nSPS) is 18.8. The molecule has 3 nitrogen and oxygen atoms in total. The molecular formula is C15H22BrClN2O. The van der Waals surface area contributed by atoms with Crippen LogP contribution >= 0.6 is 28.3 Å². The van der Waals surface area contributed by atoms with Crippen molar-refractivity contribution in [2.75, 3.05) is 0 Å². The maximum Gasteiger partial charge on any atom is 0.240 e. The highest BCUT2D eigenvalue weighted by Crippen LogP contribution is 2.28. The van der Waals surface area contributed by atoms with Gasteiger partial charge in [-0.1, -0.05) is 53.4 Å². The molecule has 2 rings (SSSR count). The quantitative estimate of drug-likeness (QED) is 0.862. The molecule has 1 aromatic carbocycles. The Kier molecular flexibility index (Phi) is 6.49. The lowest BCUT2D eigenvalue weighted by molar-refractivity contribution is -0.128. The molecule has 1 fully saturated rings. The van der Waals surface area contributed by atoms with Crippen LogP contribution in [0.15, 0.2) is 28.7 Å². The van der Waals surface area contributed by atoms with E-state index in [4.69, 9.17) is 5.73 Å². The third-order valence-electron chi connectivity index (χ3n) is 3.92. The largest absolute Gasteiger partial charge is 0.348 e. The minimum absolute atomic E-state index is 0. The van der Waals surface area contributed by atoms with Crippen molar-refractivity contribution < 1.29 is 4.79 Å². The average Bonchev–Trinajstić information content (AvgIpc) is 2.40. The molecule has 0 spiro atoms. The van der Waals surface area contributed by atoms with Crippen molar-refractivity contribution in [3.8, 4) is 0 Å². The van der Waals surface area contributed by atoms with Crippen LogP contribution in [-0.4, -0.2) is 11.4 Å². The van der Waals surface area contributed by atoms with Crippen LogP contribution in [0, 0.1) is 0 Å². The summed E-state index contributed by atoms with van der Waals surface area (Å²) in [5, 5.41) is 3.05. The SMILES string of the molecule is CC(NC(=O)C1(N)CCCCC1)c1ccccc1Br.Cl. The zero-order valence-corrected chi connectivity index (χ0v) is 14.1. The first-order chi connectivity index (χ1) is 9.03. The highest BCUT2D eigenvalue weighted by molar-refractivity contribution is 9.10. The highest BCUT2D eigenvalue weighted by Gasteiger charge is 2.35. The average molecular weight is 362 g/mol. The molecule has 0 aromatic heterocycles. The van der Waals surface area contributed by atoms with Crippen molar-refractivity contribution in [2.24, 2.45) is 5.73 Å². The van der Waals surface area contributed by atoms with Crippen LogP contribution < -0.4 is 11.1 Å². The number of benzene rings is 1. The first-order valence-corrected chi connectivity index (χ1v) is 7.66. The van der Waals surface area contributed by atoms with Gasteiger partial charge in [-0.2, -0.15) is 0 Å².